The number of nitrogens with zero attached hydrogens (tertiary/aromatic N) is 1. The van der Waals surface area contributed by atoms with Gasteiger partial charge in [-0.2, -0.15) is 0 Å². The molecular weight excluding hydrogens is 644 g/mol. The largest absolute Gasteiger partial charge is 0.494 e. The Balaban J connectivity index is 1.30. The van der Waals surface area contributed by atoms with Gasteiger partial charge in [0.1, 0.15) is 17.7 Å². The van der Waals surface area contributed by atoms with Crippen LogP contribution in [0.5, 0.6) is 11.5 Å². The third kappa shape index (κ3) is 6.03. The molecule has 0 radical (unpaired) electrons. The third-order valence-electron chi connectivity index (χ3n) is 10.0. The number of benzene rings is 3. The number of fused-ring (bicyclic) bond motifs is 1. The summed E-state index contributed by atoms with van der Waals surface area (Å²) >= 11 is 6.61. The van der Waals surface area contributed by atoms with Crippen molar-refractivity contribution in [2.45, 2.75) is 56.3 Å². The van der Waals surface area contributed by atoms with Gasteiger partial charge in [-0.15, -0.1) is 0 Å². The first-order valence-electron chi connectivity index (χ1n) is 16.1. The molecule has 3 N–H and O–H groups in total. The highest BCUT2D eigenvalue weighted by atomic mass is 35.5. The number of nitrogens with two attached hydrogens (primary N) is 1. The van der Waals surface area contributed by atoms with Crippen molar-refractivity contribution >= 4 is 29.7 Å². The fraction of sp³-hybridized carbons (Fsp3) is 0.417. The van der Waals surface area contributed by atoms with E-state index in [1.165, 1.54) is 25.3 Å². The second-order valence-electron chi connectivity index (χ2n) is 12.7. The molecule has 1 unspecified atom stereocenters. The number of amides is 2. The van der Waals surface area contributed by atoms with Crippen molar-refractivity contribution in [1.29, 1.82) is 0 Å². The van der Waals surface area contributed by atoms with Crippen molar-refractivity contribution < 1.29 is 37.4 Å². The van der Waals surface area contributed by atoms with Crippen LogP contribution in [-0.2, 0) is 19.9 Å². The average molecular weight is 682 g/mol. The predicted molar refractivity (Wildman–Crippen MR) is 175 cm³/mol. The molecule has 254 valence electrons. The lowest BCUT2D eigenvalue weighted by Gasteiger charge is -2.38. The number of ether oxygens (including phenoxy) is 3. The third-order valence-corrected chi connectivity index (χ3v) is 10.4. The van der Waals surface area contributed by atoms with Crippen LogP contribution < -0.4 is 20.5 Å². The summed E-state index contributed by atoms with van der Waals surface area (Å²) in [6, 6.07) is 13.4. The van der Waals surface area contributed by atoms with E-state index in [1.807, 2.05) is 37.3 Å². The lowest BCUT2D eigenvalue weighted by Crippen LogP contribution is -2.50. The first kappa shape index (κ1) is 33.8. The molecule has 2 amide bonds. The molecule has 2 aliphatic heterocycles. The minimum atomic E-state index is -1.07. The zero-order chi connectivity index (χ0) is 34.2. The Morgan fingerprint density at radius 2 is 1.85 bits per heavy atom. The SMILES string of the molecule is COc1ccc(C(N)=O)c(-c2c(Cl)c(F)cc3c2[C@H](C)[C@@](CNC2CCC(C(=O)N4CCOC(C=O)C4)CC2)(c2ccccc2)O3)c1F. The molecule has 12 heteroatoms. The summed E-state index contributed by atoms with van der Waals surface area (Å²) in [7, 11) is 1.29. The van der Waals surface area contributed by atoms with Gasteiger partial charge < -0.3 is 35.0 Å². The van der Waals surface area contributed by atoms with E-state index >= 15 is 8.78 Å². The van der Waals surface area contributed by atoms with E-state index in [4.69, 9.17) is 31.5 Å². The van der Waals surface area contributed by atoms with Gasteiger partial charge in [-0.1, -0.05) is 48.9 Å². The monoisotopic (exact) mass is 681 g/mol. The summed E-state index contributed by atoms with van der Waals surface area (Å²) in [6.45, 7) is 3.32. The standard InChI is InChI=1S/C36H38ClF2N3O6/c1-20-29-28(16-26(38)32(37)31(29)30-25(34(40)44)12-13-27(46-2)33(30)39)48-36(20,22-6-4-3-5-7-22)19-41-23-10-8-21(9-11-23)35(45)42-14-15-47-24(17-42)18-43/h3-7,12-13,16,18,20-21,23-24,41H,8-11,14-15,17,19H2,1-2H3,(H2,40,44)/t20-,21?,23?,24?,36-/m0/s1. The van der Waals surface area contributed by atoms with E-state index in [1.54, 1.807) is 4.90 Å². The van der Waals surface area contributed by atoms with Gasteiger partial charge in [-0.05, 0) is 43.4 Å². The Hall–Kier alpha value is -4.06. The first-order valence-corrected chi connectivity index (χ1v) is 16.5. The lowest BCUT2D eigenvalue weighted by atomic mass is 9.77. The molecular formula is C36H38ClF2N3O6. The maximum atomic E-state index is 16.0. The molecule has 2 fully saturated rings. The first-order chi connectivity index (χ1) is 23.1. The van der Waals surface area contributed by atoms with Crippen LogP contribution in [0.2, 0.25) is 5.02 Å². The molecule has 1 aliphatic carbocycles. The van der Waals surface area contributed by atoms with Crippen LogP contribution in [0.4, 0.5) is 8.78 Å². The number of rotatable bonds is 9. The van der Waals surface area contributed by atoms with Gasteiger partial charge in [0.25, 0.3) is 0 Å². The molecule has 0 spiro atoms. The Morgan fingerprint density at radius 1 is 1.12 bits per heavy atom. The number of aldehydes is 1. The molecule has 3 aromatic carbocycles. The summed E-state index contributed by atoms with van der Waals surface area (Å²) in [4.78, 5) is 38.7. The average Bonchev–Trinajstić information content (AvgIpc) is 3.39. The predicted octanol–water partition coefficient (Wildman–Crippen LogP) is 5.36. The molecule has 2 heterocycles. The summed E-state index contributed by atoms with van der Waals surface area (Å²) in [5, 5.41) is 3.30. The van der Waals surface area contributed by atoms with Crippen molar-refractivity contribution in [2.24, 2.45) is 11.7 Å². The van der Waals surface area contributed by atoms with E-state index in [2.05, 4.69) is 5.32 Å². The van der Waals surface area contributed by atoms with Crippen molar-refractivity contribution in [2.75, 3.05) is 33.4 Å². The fourth-order valence-electron chi connectivity index (χ4n) is 7.43. The highest BCUT2D eigenvalue weighted by Gasteiger charge is 2.50. The van der Waals surface area contributed by atoms with Crippen LogP contribution in [0.25, 0.3) is 11.1 Å². The number of hydrogen-bond donors (Lipinski definition) is 2. The molecule has 0 aromatic heterocycles. The van der Waals surface area contributed by atoms with Crippen LogP contribution in [0, 0.1) is 17.6 Å². The molecule has 3 aromatic rings. The number of halogens is 3. The maximum absolute atomic E-state index is 16.0. The highest BCUT2D eigenvalue weighted by Crippen LogP contribution is 2.56. The van der Waals surface area contributed by atoms with Crippen molar-refractivity contribution in [3.63, 3.8) is 0 Å². The lowest BCUT2D eigenvalue weighted by molar-refractivity contribution is -0.146. The summed E-state index contributed by atoms with van der Waals surface area (Å²) in [6.07, 6.45) is 3.01. The van der Waals surface area contributed by atoms with Crippen molar-refractivity contribution in [3.8, 4) is 22.6 Å². The number of primary amides is 1. The van der Waals surface area contributed by atoms with Crippen LogP contribution in [0.3, 0.4) is 0 Å². The van der Waals surface area contributed by atoms with Gasteiger partial charge in [0.2, 0.25) is 11.8 Å². The number of carbonyl (C=O) groups is 3. The quantitative estimate of drug-likeness (QED) is 0.292. The van der Waals surface area contributed by atoms with E-state index < -0.39 is 35.2 Å². The zero-order valence-corrected chi connectivity index (χ0v) is 27.5. The summed E-state index contributed by atoms with van der Waals surface area (Å²) < 4.78 is 48.9. The molecule has 48 heavy (non-hydrogen) atoms. The number of nitrogens with one attached hydrogen (secondary N) is 1. The molecule has 1 saturated heterocycles. The van der Waals surface area contributed by atoms with Crippen LogP contribution in [0.15, 0.2) is 48.5 Å². The molecule has 1 saturated carbocycles. The van der Waals surface area contributed by atoms with E-state index in [9.17, 15) is 14.4 Å². The maximum Gasteiger partial charge on any atom is 0.249 e. The Bertz CT molecular complexity index is 1720. The van der Waals surface area contributed by atoms with Gasteiger partial charge in [-0.25, -0.2) is 8.78 Å². The molecule has 3 aliphatic rings. The van der Waals surface area contributed by atoms with E-state index in [0.717, 1.165) is 24.7 Å². The van der Waals surface area contributed by atoms with Gasteiger partial charge in [-0.3, -0.25) is 9.59 Å². The van der Waals surface area contributed by atoms with Gasteiger partial charge >= 0.3 is 0 Å². The van der Waals surface area contributed by atoms with E-state index in [0.29, 0.717) is 38.1 Å². The molecule has 9 nitrogen and oxygen atoms in total. The summed E-state index contributed by atoms with van der Waals surface area (Å²) in [5.74, 6) is -3.20. The normalized spacial score (nSPS) is 25.2. The second kappa shape index (κ2) is 13.8. The number of methoxy groups -OCH3 is 1. The van der Waals surface area contributed by atoms with Gasteiger partial charge in [0, 0.05) is 53.7 Å². The minimum absolute atomic E-state index is 0.0128. The second-order valence-corrected chi connectivity index (χ2v) is 13.0. The van der Waals surface area contributed by atoms with E-state index in [-0.39, 0.29) is 57.6 Å². The van der Waals surface area contributed by atoms with Crippen molar-refractivity contribution in [1.82, 2.24) is 10.2 Å². The Morgan fingerprint density at radius 3 is 2.52 bits per heavy atom. The number of hydrogen-bond acceptors (Lipinski definition) is 7. The molecule has 3 atom stereocenters. The van der Waals surface area contributed by atoms with Crippen LogP contribution in [-0.4, -0.2) is 68.5 Å². The topological polar surface area (TPSA) is 120 Å². The molecule has 0 bridgehead atoms. The zero-order valence-electron chi connectivity index (χ0n) is 26.8. The minimum Gasteiger partial charge on any atom is -0.494 e. The number of morpholine rings is 1. The van der Waals surface area contributed by atoms with Crippen LogP contribution >= 0.6 is 11.6 Å². The highest BCUT2D eigenvalue weighted by molar-refractivity contribution is 6.34. The Kier molecular flexibility index (Phi) is 9.74. The number of carbonyl (C=O) groups excluding carboxylic acids is 3. The fourth-order valence-corrected chi connectivity index (χ4v) is 7.69. The Labute approximate surface area is 282 Å². The van der Waals surface area contributed by atoms with Gasteiger partial charge in [0.15, 0.2) is 23.5 Å². The summed E-state index contributed by atoms with van der Waals surface area (Å²) in [5.41, 5.74) is 5.42. The van der Waals surface area contributed by atoms with Gasteiger partial charge in [0.05, 0.1) is 30.8 Å². The van der Waals surface area contributed by atoms with Crippen molar-refractivity contribution in [3.05, 3.63) is 81.9 Å². The molecule has 6 rings (SSSR count). The van der Waals surface area contributed by atoms with Crippen LogP contribution in [0.1, 0.15) is 60.0 Å². The smallest absolute Gasteiger partial charge is 0.249 e.